The molecule has 23 valence electrons. The maximum atomic E-state index is 7.36. The molecule has 0 spiro atoms. The van der Waals surface area contributed by atoms with Gasteiger partial charge in [-0.3, -0.25) is 10.4 Å². The van der Waals surface area contributed by atoms with E-state index in [0.717, 1.165) is 0 Å². The first-order valence-corrected chi connectivity index (χ1v) is 1.07. The van der Waals surface area contributed by atoms with E-state index in [1.807, 2.05) is 0 Å². The van der Waals surface area contributed by atoms with E-state index in [9.17, 15) is 0 Å². The Hall–Kier alpha value is 0.0969. The highest BCUT2D eigenvalue weighted by Gasteiger charge is 1.64. The summed E-state index contributed by atoms with van der Waals surface area (Å²) in [4.78, 5) is -0.194. The van der Waals surface area contributed by atoms with Crippen LogP contribution in [0.15, 0.2) is 0 Å². The van der Waals surface area contributed by atoms with Gasteiger partial charge in [-0.15, -0.1) is 4.89 Å². The summed E-state index contributed by atoms with van der Waals surface area (Å²) in [5.41, 5.74) is 0. The van der Waals surface area contributed by atoms with Crippen molar-refractivity contribution in [1.82, 2.24) is 4.89 Å². The highest BCUT2D eigenvalue weighted by atomic mass is 28.2. The second-order valence-corrected chi connectivity index (χ2v) is 0.689. The molecule has 0 aliphatic carbocycles. The van der Waals surface area contributed by atoms with Crippen molar-refractivity contribution >= 4 is 10.4 Å². The van der Waals surface area contributed by atoms with Gasteiger partial charge in [0.1, 0.15) is 0 Å². The van der Waals surface area contributed by atoms with Gasteiger partial charge in [0.2, 0.25) is 10.4 Å². The number of rotatable bonds is 0. The van der Waals surface area contributed by atoms with Gasteiger partial charge in [0.15, 0.2) is 0 Å². The predicted molar refractivity (Wildman–Crippen MR) is 11.2 cm³/mol. The number of hydrogen-bond donors (Lipinski definition) is 2. The SMILES string of the molecule is ON(O)[Si]. The molecule has 0 heterocycles. The molecule has 0 rings (SSSR count). The Bertz CT molecular complexity index is 10.8. The van der Waals surface area contributed by atoms with Crippen molar-refractivity contribution in [2.45, 2.75) is 0 Å². The maximum absolute atomic E-state index is 7.36. The van der Waals surface area contributed by atoms with Crippen molar-refractivity contribution in [3.8, 4) is 0 Å². The van der Waals surface area contributed by atoms with Crippen LogP contribution in [0.2, 0.25) is 0 Å². The van der Waals surface area contributed by atoms with E-state index in [1.54, 1.807) is 0 Å². The molecule has 0 bridgehead atoms. The molecule has 3 nitrogen and oxygen atoms in total. The van der Waals surface area contributed by atoms with Crippen molar-refractivity contribution in [3.63, 3.8) is 0 Å². The van der Waals surface area contributed by atoms with Crippen LogP contribution in [0.1, 0.15) is 0 Å². The Labute approximate surface area is 26.9 Å². The zero-order valence-corrected chi connectivity index (χ0v) is 2.84. The van der Waals surface area contributed by atoms with Crippen LogP contribution in [0.3, 0.4) is 0 Å². The lowest BCUT2D eigenvalue weighted by molar-refractivity contribution is -0.228. The summed E-state index contributed by atoms with van der Waals surface area (Å²) >= 11 is 0. The highest BCUT2D eigenvalue weighted by Crippen LogP contribution is 1.41. The van der Waals surface area contributed by atoms with Gasteiger partial charge in [-0.25, -0.2) is 0 Å². The lowest BCUT2D eigenvalue weighted by atomic mass is 13.2. The van der Waals surface area contributed by atoms with E-state index < -0.39 is 0 Å². The molecule has 4 heteroatoms. The Morgan fingerprint density at radius 1 is 1.50 bits per heavy atom. The van der Waals surface area contributed by atoms with Crippen LogP contribution in [0, 0.1) is 0 Å². The molecule has 0 unspecified atom stereocenters. The lowest BCUT2D eigenvalue weighted by Gasteiger charge is -1.86. The summed E-state index contributed by atoms with van der Waals surface area (Å²) in [5.74, 6) is 0. The molecule has 0 aromatic rings. The fourth-order valence-corrected chi connectivity index (χ4v) is 0. The molecule has 0 aliphatic rings. The molecule has 3 radical (unpaired) electrons. The Morgan fingerprint density at radius 2 is 1.50 bits per heavy atom. The van der Waals surface area contributed by atoms with Gasteiger partial charge in [-0.2, -0.15) is 0 Å². The van der Waals surface area contributed by atoms with Crippen LogP contribution in [0.5, 0.6) is 0 Å². The van der Waals surface area contributed by atoms with Crippen LogP contribution < -0.4 is 0 Å². The summed E-state index contributed by atoms with van der Waals surface area (Å²) in [6.45, 7) is 0. The first-order chi connectivity index (χ1) is 1.73. The van der Waals surface area contributed by atoms with E-state index in [0.29, 0.717) is 0 Å². The molecular formula is H2NO2Si. The molecule has 0 aromatic carbocycles. The minimum Gasteiger partial charge on any atom is -0.298 e. The van der Waals surface area contributed by atoms with Crippen molar-refractivity contribution in [3.05, 3.63) is 0 Å². The van der Waals surface area contributed by atoms with Gasteiger partial charge in [0.05, 0.1) is 0 Å². The van der Waals surface area contributed by atoms with Gasteiger partial charge < -0.3 is 0 Å². The van der Waals surface area contributed by atoms with Gasteiger partial charge in [0.25, 0.3) is 0 Å². The number of nitrogens with zero attached hydrogens (tertiary/aromatic N) is 1. The molecule has 0 saturated carbocycles. The van der Waals surface area contributed by atoms with Crippen molar-refractivity contribution < 1.29 is 10.4 Å². The first kappa shape index (κ1) is 4.10. The van der Waals surface area contributed by atoms with Gasteiger partial charge in [0, 0.05) is 0 Å². The predicted octanol–water partition coefficient (Wildman–Crippen LogP) is -0.850. The quantitative estimate of drug-likeness (QED) is 0.292. The average Bonchev–Trinajstić information content (AvgIpc) is 0.811. The molecule has 0 aromatic heterocycles. The normalized spacial score (nSPS) is 9.00. The molecule has 0 atom stereocenters. The molecule has 2 N–H and O–H groups in total. The molecule has 0 amide bonds. The van der Waals surface area contributed by atoms with E-state index in [-0.39, 0.29) is 4.89 Å². The summed E-state index contributed by atoms with van der Waals surface area (Å²) in [5, 5.41) is 14.7. The Balaban J connectivity index is 2.32. The third-order valence-corrected chi connectivity index (χ3v) is 0. The fourth-order valence-electron chi connectivity index (χ4n) is 0. The largest absolute Gasteiger partial charge is 0.298 e. The summed E-state index contributed by atoms with van der Waals surface area (Å²) in [6.07, 6.45) is 0. The summed E-state index contributed by atoms with van der Waals surface area (Å²) in [7, 11) is 2.26. The van der Waals surface area contributed by atoms with Crippen molar-refractivity contribution in [2.24, 2.45) is 0 Å². The number of hydrogen-bond acceptors (Lipinski definition) is 3. The van der Waals surface area contributed by atoms with E-state index >= 15 is 0 Å². The minimum absolute atomic E-state index is 0.194. The van der Waals surface area contributed by atoms with Crippen molar-refractivity contribution in [1.29, 1.82) is 0 Å². The molecule has 4 heavy (non-hydrogen) atoms. The average molecular weight is 76.1 g/mol. The topological polar surface area (TPSA) is 43.7 Å². The smallest absolute Gasteiger partial charge is 0.228 e. The zero-order valence-electron chi connectivity index (χ0n) is 1.84. The molecular weight excluding hydrogens is 74.1 g/mol. The van der Waals surface area contributed by atoms with E-state index in [2.05, 4.69) is 10.4 Å². The van der Waals surface area contributed by atoms with E-state index in [1.165, 1.54) is 0 Å². The molecule has 0 saturated heterocycles. The standard InChI is InChI=1S/H2NO2Si/c2-1(3)4/h2-3H. The van der Waals surface area contributed by atoms with Crippen LogP contribution in [-0.2, 0) is 0 Å². The lowest BCUT2D eigenvalue weighted by Crippen LogP contribution is -2.05. The molecule has 0 aliphatic heterocycles. The molecule has 0 fully saturated rings. The van der Waals surface area contributed by atoms with Crippen LogP contribution >= 0.6 is 0 Å². The van der Waals surface area contributed by atoms with Gasteiger partial charge in [-0.05, 0) is 0 Å². The van der Waals surface area contributed by atoms with Gasteiger partial charge >= 0.3 is 0 Å². The zero-order chi connectivity index (χ0) is 3.58. The maximum Gasteiger partial charge on any atom is 0.228 e. The second kappa shape index (κ2) is 1.42. The highest BCUT2D eigenvalue weighted by molar-refractivity contribution is 6.02. The monoisotopic (exact) mass is 76.0 g/mol. The Morgan fingerprint density at radius 3 is 1.50 bits per heavy atom. The minimum atomic E-state index is -0.194. The fraction of sp³-hybridized carbons (Fsp3) is 0. The van der Waals surface area contributed by atoms with Crippen LogP contribution in [0.25, 0.3) is 0 Å². The van der Waals surface area contributed by atoms with E-state index in [4.69, 9.17) is 10.4 Å². The van der Waals surface area contributed by atoms with Gasteiger partial charge in [-0.1, -0.05) is 0 Å². The van der Waals surface area contributed by atoms with Crippen LogP contribution in [0.4, 0.5) is 0 Å². The summed E-state index contributed by atoms with van der Waals surface area (Å²) < 4.78 is 0. The first-order valence-electron chi connectivity index (χ1n) is 0.624. The third kappa shape index (κ3) is 269. The third-order valence-electron chi connectivity index (χ3n) is 0. The Kier molecular flexibility index (Phi) is 1.45. The van der Waals surface area contributed by atoms with Crippen molar-refractivity contribution in [2.75, 3.05) is 0 Å². The van der Waals surface area contributed by atoms with Crippen LogP contribution in [-0.4, -0.2) is 25.7 Å². The summed E-state index contributed by atoms with van der Waals surface area (Å²) in [6, 6.07) is 0. The second-order valence-electron chi connectivity index (χ2n) is 0.289.